The molecule has 0 radical (unpaired) electrons. The number of benzene rings is 3. The number of rotatable bonds is 12. The molecule has 0 amide bonds. The van der Waals surface area contributed by atoms with Gasteiger partial charge in [0, 0.05) is 5.56 Å². The van der Waals surface area contributed by atoms with Crippen molar-refractivity contribution in [3.63, 3.8) is 0 Å². The van der Waals surface area contributed by atoms with Gasteiger partial charge in [0.05, 0.1) is 0 Å². The molecule has 0 aliphatic carbocycles. The van der Waals surface area contributed by atoms with Gasteiger partial charge in [-0.15, -0.1) is 0 Å². The molecule has 0 aliphatic heterocycles. The van der Waals surface area contributed by atoms with Gasteiger partial charge in [-0.2, -0.15) is 0 Å². The lowest BCUT2D eigenvalue weighted by atomic mass is 9.97. The van der Waals surface area contributed by atoms with E-state index in [4.69, 9.17) is 0 Å². The van der Waals surface area contributed by atoms with Gasteiger partial charge >= 0.3 is 0 Å². The lowest BCUT2D eigenvalue weighted by molar-refractivity contribution is 0.626. The Morgan fingerprint density at radius 3 is 1.48 bits per heavy atom. The van der Waals surface area contributed by atoms with Crippen LogP contribution in [0.4, 0.5) is 4.39 Å². The van der Waals surface area contributed by atoms with E-state index < -0.39 is 0 Å². The van der Waals surface area contributed by atoms with Gasteiger partial charge < -0.3 is 0 Å². The fourth-order valence-corrected chi connectivity index (χ4v) is 4.12. The molecule has 0 fully saturated rings. The first kappa shape index (κ1) is 23.3. The van der Waals surface area contributed by atoms with E-state index in [-0.39, 0.29) is 5.82 Å². The van der Waals surface area contributed by atoms with Crippen molar-refractivity contribution in [2.24, 2.45) is 0 Å². The van der Waals surface area contributed by atoms with E-state index in [2.05, 4.69) is 68.4 Å². The lowest BCUT2D eigenvalue weighted by Gasteiger charge is -2.08. The van der Waals surface area contributed by atoms with Crippen LogP contribution in [-0.4, -0.2) is 0 Å². The summed E-state index contributed by atoms with van der Waals surface area (Å²) in [6, 6.07) is 23.2. The molecule has 0 bridgehead atoms. The average Bonchev–Trinajstić information content (AvgIpc) is 2.79. The average molecular weight is 417 g/mol. The van der Waals surface area contributed by atoms with Gasteiger partial charge in [0.15, 0.2) is 0 Å². The second-order valence-electron chi connectivity index (χ2n) is 8.74. The molecule has 0 heterocycles. The molecule has 0 saturated carbocycles. The first-order valence-electron chi connectivity index (χ1n) is 12.1. The summed E-state index contributed by atoms with van der Waals surface area (Å²) >= 11 is 0. The summed E-state index contributed by atoms with van der Waals surface area (Å²) in [6.45, 7) is 4.44. The van der Waals surface area contributed by atoms with Crippen LogP contribution in [-0.2, 0) is 25.7 Å². The van der Waals surface area contributed by atoms with Crippen LogP contribution in [0.5, 0.6) is 0 Å². The maximum Gasteiger partial charge on any atom is 0.131 e. The van der Waals surface area contributed by atoms with Crippen LogP contribution < -0.4 is 0 Å². The van der Waals surface area contributed by atoms with Crippen molar-refractivity contribution in [3.8, 4) is 11.1 Å². The lowest BCUT2D eigenvalue weighted by Crippen LogP contribution is -1.94. The van der Waals surface area contributed by atoms with Crippen molar-refractivity contribution >= 4 is 0 Å². The second-order valence-corrected chi connectivity index (χ2v) is 8.74. The minimum atomic E-state index is -0.110. The summed E-state index contributed by atoms with van der Waals surface area (Å²) in [4.78, 5) is 0. The van der Waals surface area contributed by atoms with Gasteiger partial charge in [-0.3, -0.25) is 0 Å². The van der Waals surface area contributed by atoms with Gasteiger partial charge in [-0.05, 0) is 72.4 Å². The Balaban J connectivity index is 1.54. The van der Waals surface area contributed by atoms with E-state index in [0.29, 0.717) is 5.56 Å². The van der Waals surface area contributed by atoms with Crippen molar-refractivity contribution < 1.29 is 4.39 Å². The minimum Gasteiger partial charge on any atom is -0.206 e. The summed E-state index contributed by atoms with van der Waals surface area (Å²) in [5, 5.41) is 0. The third kappa shape index (κ3) is 7.35. The summed E-state index contributed by atoms with van der Waals surface area (Å²) in [7, 11) is 0. The molecule has 1 heteroatoms. The molecule has 0 aromatic heterocycles. The number of unbranched alkanes of at least 4 members (excludes halogenated alkanes) is 4. The van der Waals surface area contributed by atoms with E-state index in [0.717, 1.165) is 36.8 Å². The number of aryl methyl sites for hydroxylation is 4. The summed E-state index contributed by atoms with van der Waals surface area (Å²) in [5.74, 6) is -0.110. The normalized spacial score (nSPS) is 11.1. The summed E-state index contributed by atoms with van der Waals surface area (Å²) in [6.07, 6.45) is 11.6. The van der Waals surface area contributed by atoms with Crippen molar-refractivity contribution in [1.29, 1.82) is 0 Å². The van der Waals surface area contributed by atoms with Gasteiger partial charge in [0.2, 0.25) is 0 Å². The molecule has 3 aromatic carbocycles. The zero-order valence-corrected chi connectivity index (χ0v) is 19.3. The SMILES string of the molecule is CCCCCc1ccc(CCc2ccc(-c3ccc(CCCCC)cc3F)cc2)cc1. The predicted molar refractivity (Wildman–Crippen MR) is 132 cm³/mol. The molecule has 0 saturated heterocycles. The highest BCUT2D eigenvalue weighted by Crippen LogP contribution is 2.25. The molecule has 0 atom stereocenters. The Hall–Kier alpha value is -2.41. The van der Waals surface area contributed by atoms with E-state index in [9.17, 15) is 4.39 Å². The molecule has 3 rings (SSSR count). The molecule has 0 aliphatic rings. The minimum absolute atomic E-state index is 0.110. The van der Waals surface area contributed by atoms with Gasteiger partial charge in [0.25, 0.3) is 0 Å². The molecule has 0 unspecified atom stereocenters. The Morgan fingerprint density at radius 1 is 0.516 bits per heavy atom. The van der Waals surface area contributed by atoms with Gasteiger partial charge in [-0.25, -0.2) is 4.39 Å². The Morgan fingerprint density at radius 2 is 0.968 bits per heavy atom. The Bertz CT molecular complexity index is 906. The highest BCUT2D eigenvalue weighted by Gasteiger charge is 2.07. The van der Waals surface area contributed by atoms with Crippen molar-refractivity contribution in [2.45, 2.75) is 78.1 Å². The molecule has 0 N–H and O–H groups in total. The molecule has 164 valence electrons. The standard InChI is InChI=1S/C30H37F/c1-3-5-7-9-24-11-13-25(14-12-24)15-16-26-17-20-28(21-18-26)29-22-19-27(23-30(29)31)10-8-6-4-2/h11-14,17-23H,3-10,15-16H2,1-2H3. The van der Waals surface area contributed by atoms with Crippen LogP contribution in [0.2, 0.25) is 0 Å². The van der Waals surface area contributed by atoms with Crippen LogP contribution >= 0.6 is 0 Å². The third-order valence-corrected chi connectivity index (χ3v) is 6.16. The fourth-order valence-electron chi connectivity index (χ4n) is 4.12. The molecular weight excluding hydrogens is 379 g/mol. The van der Waals surface area contributed by atoms with Crippen LogP contribution in [0.25, 0.3) is 11.1 Å². The number of hydrogen-bond donors (Lipinski definition) is 0. The van der Waals surface area contributed by atoms with Crippen molar-refractivity contribution in [1.82, 2.24) is 0 Å². The molecule has 0 nitrogen and oxygen atoms in total. The molecular formula is C30H37F. The monoisotopic (exact) mass is 416 g/mol. The first-order valence-corrected chi connectivity index (χ1v) is 12.1. The highest BCUT2D eigenvalue weighted by molar-refractivity contribution is 5.64. The quantitative estimate of drug-likeness (QED) is 0.259. The van der Waals surface area contributed by atoms with Crippen molar-refractivity contribution in [2.75, 3.05) is 0 Å². The van der Waals surface area contributed by atoms with Crippen LogP contribution in [0.3, 0.4) is 0 Å². The highest BCUT2D eigenvalue weighted by atomic mass is 19.1. The first-order chi connectivity index (χ1) is 15.2. The maximum absolute atomic E-state index is 14.6. The summed E-state index contributed by atoms with van der Waals surface area (Å²) in [5.41, 5.74) is 6.88. The van der Waals surface area contributed by atoms with Crippen LogP contribution in [0, 0.1) is 5.82 Å². The molecule has 3 aromatic rings. The molecule has 31 heavy (non-hydrogen) atoms. The number of halogens is 1. The third-order valence-electron chi connectivity index (χ3n) is 6.16. The van der Waals surface area contributed by atoms with E-state index >= 15 is 0 Å². The van der Waals surface area contributed by atoms with Gasteiger partial charge in [0.1, 0.15) is 5.82 Å². The van der Waals surface area contributed by atoms with Crippen LogP contribution in [0.15, 0.2) is 66.7 Å². The maximum atomic E-state index is 14.6. The largest absolute Gasteiger partial charge is 0.206 e. The molecule has 0 spiro atoms. The summed E-state index contributed by atoms with van der Waals surface area (Å²) < 4.78 is 14.6. The smallest absolute Gasteiger partial charge is 0.131 e. The van der Waals surface area contributed by atoms with Crippen LogP contribution in [0.1, 0.15) is 74.6 Å². The Kier molecular flexibility index (Phi) is 9.34. The predicted octanol–water partition coefficient (Wildman–Crippen LogP) is 8.74. The van der Waals surface area contributed by atoms with Crippen molar-refractivity contribution in [3.05, 3.63) is 94.8 Å². The van der Waals surface area contributed by atoms with E-state index in [1.807, 2.05) is 6.07 Å². The number of hydrogen-bond acceptors (Lipinski definition) is 0. The fraction of sp³-hybridized carbons (Fsp3) is 0.400. The van der Waals surface area contributed by atoms with E-state index in [1.54, 1.807) is 6.07 Å². The van der Waals surface area contributed by atoms with E-state index in [1.165, 1.54) is 55.2 Å². The topological polar surface area (TPSA) is 0 Å². The zero-order valence-electron chi connectivity index (χ0n) is 19.3. The van der Waals surface area contributed by atoms with Gasteiger partial charge in [-0.1, -0.05) is 100 Å². The zero-order chi connectivity index (χ0) is 21.9. The second kappa shape index (κ2) is 12.4. The Labute approximate surface area is 188 Å².